The highest BCUT2D eigenvalue weighted by molar-refractivity contribution is 7.79. The lowest BCUT2D eigenvalue weighted by atomic mass is 10.2. The second kappa shape index (κ2) is 8.12. The molecule has 1 heterocycles. The van der Waals surface area contributed by atoms with Crippen LogP contribution in [0, 0.1) is 10.1 Å². The topological polar surface area (TPSA) is 130 Å². The molecule has 1 amide bonds. The van der Waals surface area contributed by atoms with Gasteiger partial charge in [-0.3, -0.25) is 15.4 Å². The zero-order valence-electron chi connectivity index (χ0n) is 15.1. The Hall–Kier alpha value is -3.01. The van der Waals surface area contributed by atoms with Crippen molar-refractivity contribution in [3.05, 3.63) is 46.1 Å². The normalized spacial score (nSPS) is 11.0. The van der Waals surface area contributed by atoms with E-state index in [0.717, 1.165) is 0 Å². The van der Waals surface area contributed by atoms with Crippen molar-refractivity contribution in [1.82, 2.24) is 4.98 Å². The summed E-state index contributed by atoms with van der Waals surface area (Å²) in [7, 11) is 0. The van der Waals surface area contributed by atoms with E-state index in [0.29, 0.717) is 22.8 Å². The summed E-state index contributed by atoms with van der Waals surface area (Å²) in [6.45, 7) is 5.28. The predicted octanol–water partition coefficient (Wildman–Crippen LogP) is 4.14. The lowest BCUT2D eigenvalue weighted by molar-refractivity contribution is -0.384. The summed E-state index contributed by atoms with van der Waals surface area (Å²) in [4.78, 5) is 26.2. The molecule has 0 unspecified atom stereocenters. The van der Waals surface area contributed by atoms with Crippen LogP contribution >= 0.6 is 12.6 Å². The van der Waals surface area contributed by atoms with Crippen LogP contribution in [0.4, 0.5) is 22.0 Å². The molecule has 0 atom stereocenters. The monoisotopic (exact) mass is 392 g/mol. The van der Waals surface area contributed by atoms with Gasteiger partial charge in [-0.15, -0.1) is 0 Å². The van der Waals surface area contributed by atoms with E-state index in [4.69, 9.17) is 15.2 Å². The number of rotatable bonds is 5. The van der Waals surface area contributed by atoms with Gasteiger partial charge >= 0.3 is 11.8 Å². The second-order valence-corrected chi connectivity index (χ2v) is 6.82. The van der Waals surface area contributed by atoms with Crippen LogP contribution < -0.4 is 15.8 Å². The van der Waals surface area contributed by atoms with Crippen molar-refractivity contribution in [1.29, 1.82) is 0 Å². The molecule has 2 aromatic rings. The molecule has 10 heteroatoms. The molecule has 0 saturated carbocycles. The minimum absolute atomic E-state index is 0.0366. The molecule has 0 bridgehead atoms. The molecule has 1 aromatic carbocycles. The highest BCUT2D eigenvalue weighted by Gasteiger charge is 2.22. The fourth-order valence-corrected chi connectivity index (χ4v) is 2.41. The van der Waals surface area contributed by atoms with Crippen molar-refractivity contribution in [3.8, 4) is 11.5 Å². The minimum Gasteiger partial charge on any atom is -0.450 e. The minimum atomic E-state index is -0.657. The molecule has 0 spiro atoms. The Bertz CT molecular complexity index is 867. The maximum absolute atomic E-state index is 11.9. The number of pyridine rings is 1. The summed E-state index contributed by atoms with van der Waals surface area (Å²) in [6, 6.07) is 6.11. The summed E-state index contributed by atoms with van der Waals surface area (Å²) >= 11 is 4.25. The van der Waals surface area contributed by atoms with Crippen LogP contribution in [0.25, 0.3) is 0 Å². The second-order valence-electron chi connectivity index (χ2n) is 6.51. The number of carbonyl (C=O) groups excluding carboxylic acids is 1. The third kappa shape index (κ3) is 5.48. The Labute approximate surface area is 161 Å². The van der Waals surface area contributed by atoms with Crippen LogP contribution in [-0.2, 0) is 10.5 Å². The summed E-state index contributed by atoms with van der Waals surface area (Å²) in [5.41, 5.74) is 5.65. The molecular formula is C17H20N4O5S. The Morgan fingerprint density at radius 3 is 2.67 bits per heavy atom. The number of aromatic nitrogens is 1. The number of hydrogen-bond donors (Lipinski definition) is 3. The Kier molecular flexibility index (Phi) is 6.11. The first-order chi connectivity index (χ1) is 12.6. The molecule has 0 fully saturated rings. The molecule has 0 aliphatic carbocycles. The first-order valence-electron chi connectivity index (χ1n) is 7.91. The maximum Gasteiger partial charge on any atom is 0.412 e. The number of ether oxygens (including phenoxy) is 2. The SMILES string of the molecule is CC(C)(C)OC(=O)Nc1ccc(Oc2ccnc(N)c2[N+](=O)[O-])cc1CS. The molecule has 0 aliphatic rings. The summed E-state index contributed by atoms with van der Waals surface area (Å²) in [5.74, 6) is 0.339. The van der Waals surface area contributed by atoms with Gasteiger partial charge < -0.3 is 15.2 Å². The maximum atomic E-state index is 11.9. The van der Waals surface area contributed by atoms with Gasteiger partial charge in [-0.1, -0.05) is 0 Å². The smallest absolute Gasteiger partial charge is 0.412 e. The number of carbonyl (C=O) groups is 1. The Morgan fingerprint density at radius 1 is 1.37 bits per heavy atom. The van der Waals surface area contributed by atoms with Crippen LogP contribution in [0.1, 0.15) is 26.3 Å². The highest BCUT2D eigenvalue weighted by Crippen LogP contribution is 2.35. The van der Waals surface area contributed by atoms with E-state index < -0.39 is 22.3 Å². The molecular weight excluding hydrogens is 372 g/mol. The number of nitro groups is 1. The van der Waals surface area contributed by atoms with Gasteiger partial charge in [0.15, 0.2) is 0 Å². The van der Waals surface area contributed by atoms with E-state index in [1.165, 1.54) is 12.3 Å². The molecule has 0 saturated heterocycles. The van der Waals surface area contributed by atoms with Gasteiger partial charge in [0.1, 0.15) is 11.4 Å². The number of anilines is 2. The molecule has 27 heavy (non-hydrogen) atoms. The van der Waals surface area contributed by atoms with E-state index in [1.807, 2.05) is 0 Å². The van der Waals surface area contributed by atoms with E-state index in [-0.39, 0.29) is 11.6 Å². The standard InChI is InChI=1S/C17H20N4O5S/c1-17(2,3)26-16(22)20-12-5-4-11(8-10(12)9-27)25-13-6-7-19-15(18)14(13)21(23)24/h4-8,27H,9H2,1-3H3,(H2,18,19)(H,20,22). The van der Waals surface area contributed by atoms with E-state index in [9.17, 15) is 14.9 Å². The van der Waals surface area contributed by atoms with Crippen LogP contribution in [-0.4, -0.2) is 21.6 Å². The molecule has 0 aliphatic heterocycles. The fourth-order valence-electron chi connectivity index (χ4n) is 2.14. The molecule has 144 valence electrons. The van der Waals surface area contributed by atoms with Crippen molar-refractivity contribution in [3.63, 3.8) is 0 Å². The van der Waals surface area contributed by atoms with Crippen LogP contribution in [0.3, 0.4) is 0 Å². The lowest BCUT2D eigenvalue weighted by Gasteiger charge is -2.20. The average molecular weight is 392 g/mol. The zero-order chi connectivity index (χ0) is 20.2. The summed E-state index contributed by atoms with van der Waals surface area (Å²) in [5, 5.41) is 13.8. The number of benzene rings is 1. The van der Waals surface area contributed by atoms with Crippen molar-refractivity contribution in [2.75, 3.05) is 11.1 Å². The first kappa shape index (κ1) is 20.3. The van der Waals surface area contributed by atoms with Gasteiger partial charge in [-0.05, 0) is 44.5 Å². The van der Waals surface area contributed by atoms with Gasteiger partial charge in [-0.2, -0.15) is 12.6 Å². The van der Waals surface area contributed by atoms with Gasteiger partial charge in [0.05, 0.1) is 4.92 Å². The summed E-state index contributed by atoms with van der Waals surface area (Å²) in [6.07, 6.45) is 0.715. The molecule has 1 aromatic heterocycles. The van der Waals surface area contributed by atoms with E-state index in [1.54, 1.807) is 39.0 Å². The fraction of sp³-hybridized carbons (Fsp3) is 0.294. The highest BCUT2D eigenvalue weighted by atomic mass is 32.1. The number of nitrogens with two attached hydrogens (primary N) is 1. The largest absolute Gasteiger partial charge is 0.450 e. The molecule has 3 N–H and O–H groups in total. The van der Waals surface area contributed by atoms with Gasteiger partial charge in [0.2, 0.25) is 11.6 Å². The zero-order valence-corrected chi connectivity index (χ0v) is 15.9. The number of nitrogens with one attached hydrogen (secondary N) is 1. The Balaban J connectivity index is 2.26. The van der Waals surface area contributed by atoms with Crippen molar-refractivity contribution in [2.24, 2.45) is 0 Å². The van der Waals surface area contributed by atoms with Crippen LogP contribution in [0.15, 0.2) is 30.5 Å². The first-order valence-corrected chi connectivity index (χ1v) is 8.54. The van der Waals surface area contributed by atoms with Crippen LogP contribution in [0.5, 0.6) is 11.5 Å². The van der Waals surface area contributed by atoms with Crippen molar-refractivity contribution in [2.45, 2.75) is 32.1 Å². The van der Waals surface area contributed by atoms with Gasteiger partial charge in [-0.25, -0.2) is 9.78 Å². The molecule has 9 nitrogen and oxygen atoms in total. The third-order valence-electron chi connectivity index (χ3n) is 3.21. The average Bonchev–Trinajstić information content (AvgIpc) is 2.54. The quantitative estimate of drug-likeness (QED) is 0.396. The van der Waals surface area contributed by atoms with Gasteiger partial charge in [0, 0.05) is 23.7 Å². The predicted molar refractivity (Wildman–Crippen MR) is 104 cm³/mol. The number of nitrogens with zero attached hydrogens (tertiary/aromatic N) is 2. The summed E-state index contributed by atoms with van der Waals surface area (Å²) < 4.78 is 10.8. The molecule has 2 rings (SSSR count). The van der Waals surface area contributed by atoms with Gasteiger partial charge in [0.25, 0.3) is 0 Å². The number of amides is 1. The third-order valence-corrected chi connectivity index (χ3v) is 3.55. The number of thiol groups is 1. The van der Waals surface area contributed by atoms with Crippen molar-refractivity contribution < 1.29 is 19.2 Å². The lowest BCUT2D eigenvalue weighted by Crippen LogP contribution is -2.27. The van der Waals surface area contributed by atoms with Crippen molar-refractivity contribution >= 4 is 35.9 Å². The number of nitrogen functional groups attached to an aromatic ring is 1. The van der Waals surface area contributed by atoms with Crippen LogP contribution in [0.2, 0.25) is 0 Å². The van der Waals surface area contributed by atoms with E-state index >= 15 is 0 Å². The molecule has 0 radical (unpaired) electrons. The van der Waals surface area contributed by atoms with E-state index in [2.05, 4.69) is 22.9 Å². The number of hydrogen-bond acceptors (Lipinski definition) is 8. The Morgan fingerprint density at radius 2 is 2.07 bits per heavy atom.